The lowest BCUT2D eigenvalue weighted by Gasteiger charge is -2.40. The van der Waals surface area contributed by atoms with Gasteiger partial charge in [-0.25, -0.2) is 4.79 Å². The van der Waals surface area contributed by atoms with Gasteiger partial charge >= 0.3 is 6.09 Å². The summed E-state index contributed by atoms with van der Waals surface area (Å²) in [7, 11) is 0. The van der Waals surface area contributed by atoms with Crippen molar-refractivity contribution in [3.8, 4) is 0 Å². The maximum absolute atomic E-state index is 12.5. The highest BCUT2D eigenvalue weighted by atomic mass is 35.5. The molecular formula is C24H28ClN3O4. The summed E-state index contributed by atoms with van der Waals surface area (Å²) < 4.78 is 5.39. The summed E-state index contributed by atoms with van der Waals surface area (Å²) in [5.74, 6) is -0.0938. The number of cyclic esters (lactones) is 1. The van der Waals surface area contributed by atoms with Crippen molar-refractivity contribution in [2.24, 2.45) is 0 Å². The van der Waals surface area contributed by atoms with Crippen LogP contribution >= 0.6 is 12.4 Å². The van der Waals surface area contributed by atoms with Crippen molar-refractivity contribution in [1.82, 2.24) is 4.90 Å². The Morgan fingerprint density at radius 3 is 2.44 bits per heavy atom. The van der Waals surface area contributed by atoms with E-state index in [1.165, 1.54) is 6.92 Å². The van der Waals surface area contributed by atoms with Crippen LogP contribution in [0.1, 0.15) is 41.3 Å². The molecule has 1 N–H and O–H groups in total. The second-order valence-electron chi connectivity index (χ2n) is 8.20. The Balaban J connectivity index is 0.00000289. The molecule has 8 heteroatoms. The van der Waals surface area contributed by atoms with Gasteiger partial charge in [0, 0.05) is 35.9 Å². The van der Waals surface area contributed by atoms with Gasteiger partial charge in [-0.2, -0.15) is 0 Å². The number of fused-ring (bicyclic) bond motifs is 1. The first-order valence-electron chi connectivity index (χ1n) is 10.6. The zero-order valence-corrected chi connectivity index (χ0v) is 19.1. The molecule has 0 aromatic heterocycles. The molecule has 1 fully saturated rings. The zero-order chi connectivity index (χ0) is 22.0. The smallest absolute Gasteiger partial charge is 0.414 e. The number of para-hydroxylation sites is 1. The molecule has 2 aromatic rings. The standard InChI is InChI=1S/C24H27N3O4.ClH/c1-16-4-3-5-19-15-31-24(30)27(23(16)19)21-10-12-26(13-11-21)14-22(29)25-20-8-6-18(7-9-20)17(2)28;/h3-9,21H,10-15H2,1-2H3,(H,25,29);1H. The summed E-state index contributed by atoms with van der Waals surface area (Å²) >= 11 is 0. The van der Waals surface area contributed by atoms with Crippen LogP contribution in [0.2, 0.25) is 0 Å². The predicted octanol–water partition coefficient (Wildman–Crippen LogP) is 4.18. The van der Waals surface area contributed by atoms with E-state index >= 15 is 0 Å². The highest BCUT2D eigenvalue weighted by molar-refractivity contribution is 5.96. The van der Waals surface area contributed by atoms with Crippen molar-refractivity contribution in [2.45, 2.75) is 39.3 Å². The number of carbonyl (C=O) groups is 3. The van der Waals surface area contributed by atoms with E-state index in [0.717, 1.165) is 42.7 Å². The van der Waals surface area contributed by atoms with Gasteiger partial charge in [-0.3, -0.25) is 19.4 Å². The number of carbonyl (C=O) groups excluding carboxylic acids is 3. The van der Waals surface area contributed by atoms with Crippen LogP contribution < -0.4 is 10.2 Å². The van der Waals surface area contributed by atoms with Crippen LogP contribution in [-0.4, -0.2) is 48.4 Å². The monoisotopic (exact) mass is 457 g/mol. The van der Waals surface area contributed by atoms with Crippen molar-refractivity contribution in [2.75, 3.05) is 29.9 Å². The van der Waals surface area contributed by atoms with Gasteiger partial charge in [0.25, 0.3) is 0 Å². The maximum Gasteiger partial charge on any atom is 0.414 e. The van der Waals surface area contributed by atoms with Crippen molar-refractivity contribution in [1.29, 1.82) is 0 Å². The minimum absolute atomic E-state index is 0. The summed E-state index contributed by atoms with van der Waals surface area (Å²) in [4.78, 5) is 40.3. The maximum atomic E-state index is 12.5. The Bertz CT molecular complexity index is 1000. The van der Waals surface area contributed by atoms with Gasteiger partial charge in [0.05, 0.1) is 12.2 Å². The first kappa shape index (κ1) is 23.8. The molecular weight excluding hydrogens is 430 g/mol. The van der Waals surface area contributed by atoms with E-state index in [0.29, 0.717) is 24.4 Å². The molecule has 0 radical (unpaired) electrons. The minimum Gasteiger partial charge on any atom is -0.444 e. The second-order valence-corrected chi connectivity index (χ2v) is 8.20. The first-order valence-corrected chi connectivity index (χ1v) is 10.6. The number of nitrogens with one attached hydrogen (secondary N) is 1. The van der Waals surface area contributed by atoms with Crippen LogP contribution in [0.15, 0.2) is 42.5 Å². The lowest BCUT2D eigenvalue weighted by atomic mass is 9.99. The van der Waals surface area contributed by atoms with E-state index in [4.69, 9.17) is 4.74 Å². The minimum atomic E-state index is -0.285. The highest BCUT2D eigenvalue weighted by Crippen LogP contribution is 2.34. The van der Waals surface area contributed by atoms with Crippen molar-refractivity contribution < 1.29 is 19.1 Å². The van der Waals surface area contributed by atoms with Gasteiger partial charge in [-0.1, -0.05) is 18.2 Å². The number of Topliss-reactive ketones (excluding diaryl/α,β-unsaturated/α-hetero) is 1. The third-order valence-corrected chi connectivity index (χ3v) is 5.97. The quantitative estimate of drug-likeness (QED) is 0.681. The molecule has 2 aliphatic heterocycles. The van der Waals surface area contributed by atoms with Crippen molar-refractivity contribution in [3.63, 3.8) is 0 Å². The van der Waals surface area contributed by atoms with E-state index in [-0.39, 0.29) is 36.2 Å². The van der Waals surface area contributed by atoms with Crippen molar-refractivity contribution in [3.05, 3.63) is 59.2 Å². The lowest BCUT2D eigenvalue weighted by Crippen LogP contribution is -2.50. The van der Waals surface area contributed by atoms with Gasteiger partial charge < -0.3 is 10.1 Å². The third kappa shape index (κ3) is 5.11. The molecule has 0 unspecified atom stereocenters. The summed E-state index contributed by atoms with van der Waals surface area (Å²) in [6.07, 6.45) is 1.28. The number of ketones is 1. The molecule has 0 bridgehead atoms. The number of anilines is 2. The predicted molar refractivity (Wildman–Crippen MR) is 126 cm³/mol. The fourth-order valence-electron chi connectivity index (χ4n) is 4.34. The number of piperidine rings is 1. The molecule has 1 saturated heterocycles. The van der Waals surface area contributed by atoms with Gasteiger partial charge in [0.2, 0.25) is 5.91 Å². The number of amides is 2. The lowest BCUT2D eigenvalue weighted by molar-refractivity contribution is -0.117. The Hall–Kier alpha value is -2.90. The normalized spacial score (nSPS) is 16.6. The Kier molecular flexibility index (Phi) is 7.53. The summed E-state index contributed by atoms with van der Waals surface area (Å²) in [5, 5.41) is 2.88. The number of hydrogen-bond acceptors (Lipinski definition) is 5. The largest absolute Gasteiger partial charge is 0.444 e. The summed E-state index contributed by atoms with van der Waals surface area (Å²) in [6, 6.07) is 13.0. The molecule has 2 aromatic carbocycles. The summed E-state index contributed by atoms with van der Waals surface area (Å²) in [6.45, 7) is 5.60. The number of aryl methyl sites for hydroxylation is 1. The number of rotatable bonds is 5. The van der Waals surface area contributed by atoms with E-state index in [9.17, 15) is 14.4 Å². The molecule has 2 amide bonds. The molecule has 0 aliphatic carbocycles. The summed E-state index contributed by atoms with van der Waals surface area (Å²) in [5.41, 5.74) is 4.38. The van der Waals surface area contributed by atoms with E-state index in [1.807, 2.05) is 30.0 Å². The Morgan fingerprint density at radius 1 is 1.09 bits per heavy atom. The van der Waals surface area contributed by atoms with E-state index < -0.39 is 0 Å². The number of nitrogens with zero attached hydrogens (tertiary/aromatic N) is 2. The average Bonchev–Trinajstić information content (AvgIpc) is 2.75. The van der Waals surface area contributed by atoms with Gasteiger partial charge in [-0.15, -0.1) is 12.4 Å². The molecule has 170 valence electrons. The number of halogens is 1. The first-order chi connectivity index (χ1) is 14.9. The number of hydrogen-bond donors (Lipinski definition) is 1. The molecule has 2 heterocycles. The Morgan fingerprint density at radius 2 is 1.78 bits per heavy atom. The average molecular weight is 458 g/mol. The van der Waals surface area contributed by atoms with Crippen LogP contribution in [0.25, 0.3) is 0 Å². The molecule has 2 aliphatic rings. The van der Waals surface area contributed by atoms with E-state index in [2.05, 4.69) is 10.2 Å². The van der Waals surface area contributed by atoms with Crippen LogP contribution in [0.4, 0.5) is 16.2 Å². The van der Waals surface area contributed by atoms with Crippen LogP contribution in [0, 0.1) is 6.92 Å². The number of benzene rings is 2. The number of likely N-dealkylation sites (tertiary alicyclic amines) is 1. The molecule has 4 rings (SSSR count). The fraction of sp³-hybridized carbons (Fsp3) is 0.375. The molecule has 0 atom stereocenters. The van der Waals surface area contributed by atoms with E-state index in [1.54, 1.807) is 24.3 Å². The van der Waals surface area contributed by atoms with Crippen LogP contribution in [0.5, 0.6) is 0 Å². The SMILES string of the molecule is CC(=O)c1ccc(NC(=O)CN2CCC(N3C(=O)OCc4cccc(C)c43)CC2)cc1.Cl. The molecule has 0 saturated carbocycles. The molecule has 7 nitrogen and oxygen atoms in total. The number of ether oxygens (including phenoxy) is 1. The topological polar surface area (TPSA) is 79.0 Å². The highest BCUT2D eigenvalue weighted by Gasteiger charge is 2.35. The zero-order valence-electron chi connectivity index (χ0n) is 18.3. The van der Waals surface area contributed by atoms with Crippen LogP contribution in [0.3, 0.4) is 0 Å². The van der Waals surface area contributed by atoms with Gasteiger partial charge in [0.15, 0.2) is 5.78 Å². The molecule has 0 spiro atoms. The Labute approximate surface area is 194 Å². The fourth-order valence-corrected chi connectivity index (χ4v) is 4.34. The second kappa shape index (κ2) is 10.1. The van der Waals surface area contributed by atoms with Crippen molar-refractivity contribution >= 4 is 41.6 Å². The molecule has 32 heavy (non-hydrogen) atoms. The van der Waals surface area contributed by atoms with Gasteiger partial charge in [-0.05, 0) is 56.5 Å². The van der Waals surface area contributed by atoms with Gasteiger partial charge in [0.1, 0.15) is 6.61 Å². The van der Waals surface area contributed by atoms with Crippen LogP contribution in [-0.2, 0) is 16.1 Å². The third-order valence-electron chi connectivity index (χ3n) is 5.97.